The Labute approximate surface area is 36.1 Å². The van der Waals surface area contributed by atoms with Crippen LogP contribution in [0.25, 0.3) is 0 Å². The molecule has 32 valence electrons. The van der Waals surface area contributed by atoms with Crippen molar-refractivity contribution in [2.45, 2.75) is 0 Å². The fourth-order valence-corrected chi connectivity index (χ4v) is 0.296. The molecule has 1 aliphatic heterocycles. The average Bonchev–Trinajstić information content (AvgIpc) is 1.72. The Bertz CT molecular complexity index is 83.7. The van der Waals surface area contributed by atoms with Crippen LogP contribution in [0.2, 0.25) is 0 Å². The van der Waals surface area contributed by atoms with Crippen molar-refractivity contribution < 1.29 is 4.74 Å². The van der Waals surface area contributed by atoms with Gasteiger partial charge in [-0.15, -0.1) is 0 Å². The average molecular weight is 83.1 g/mol. The Morgan fingerprint density at radius 2 is 2.83 bits per heavy atom. The second-order valence-electron chi connectivity index (χ2n) is 0.999. The first-order valence-corrected chi connectivity index (χ1v) is 1.85. The zero-order valence-electron chi connectivity index (χ0n) is 3.35. The van der Waals surface area contributed by atoms with Crippen LogP contribution < -0.4 is 0 Å². The van der Waals surface area contributed by atoms with Gasteiger partial charge in [-0.2, -0.15) is 0 Å². The lowest BCUT2D eigenvalue weighted by Gasteiger charge is -1.94. The predicted molar refractivity (Wildman–Crippen MR) is 22.8 cm³/mol. The number of aliphatic imine (C=N–C) groups is 1. The smallest absolute Gasteiger partial charge is 0.144 e. The minimum Gasteiger partial charge on any atom is -0.489 e. The van der Waals surface area contributed by atoms with Gasteiger partial charge in [0.2, 0.25) is 0 Å². The third-order valence-corrected chi connectivity index (χ3v) is 0.548. The number of hydrogen-bond acceptors (Lipinski definition) is 2. The minimum atomic E-state index is 0.715. The summed E-state index contributed by atoms with van der Waals surface area (Å²) in [6.07, 6.45) is 1.48. The molecular weight excluding hydrogens is 78.0 g/mol. The zero-order valence-corrected chi connectivity index (χ0v) is 3.35. The van der Waals surface area contributed by atoms with Gasteiger partial charge in [-0.25, -0.2) is 4.99 Å². The van der Waals surface area contributed by atoms with E-state index in [1.54, 1.807) is 0 Å². The topological polar surface area (TPSA) is 21.6 Å². The fraction of sp³-hybridized carbons (Fsp3) is 0.500. The van der Waals surface area contributed by atoms with Gasteiger partial charge < -0.3 is 4.74 Å². The molecule has 1 heterocycles. The summed E-state index contributed by atoms with van der Waals surface area (Å²) in [5, 5.41) is 0. The molecule has 0 bridgehead atoms. The fourth-order valence-electron chi connectivity index (χ4n) is 0.296. The first-order valence-electron chi connectivity index (χ1n) is 1.85. The van der Waals surface area contributed by atoms with Crippen LogP contribution in [0.1, 0.15) is 0 Å². The summed E-state index contributed by atoms with van der Waals surface area (Å²) in [6, 6.07) is 0. The van der Waals surface area contributed by atoms with Crippen molar-refractivity contribution in [1.29, 1.82) is 0 Å². The predicted octanol–water partition coefficient (Wildman–Crippen LogP) is 0.200. The third kappa shape index (κ3) is 0.597. The molecule has 0 aromatic rings. The van der Waals surface area contributed by atoms with Crippen LogP contribution in [-0.2, 0) is 4.74 Å². The lowest BCUT2D eigenvalue weighted by Crippen LogP contribution is -1.95. The molecule has 0 saturated heterocycles. The highest BCUT2D eigenvalue weighted by Gasteiger charge is 1.80. The molecule has 0 aromatic heterocycles. The van der Waals surface area contributed by atoms with E-state index in [1.165, 1.54) is 6.26 Å². The monoisotopic (exact) mass is 83.0 g/mol. The molecule has 0 spiro atoms. The van der Waals surface area contributed by atoms with Gasteiger partial charge in [0.05, 0.1) is 6.54 Å². The quantitative estimate of drug-likeness (QED) is 0.410. The van der Waals surface area contributed by atoms with E-state index in [1.807, 2.05) is 0 Å². The summed E-state index contributed by atoms with van der Waals surface area (Å²) < 4.78 is 4.74. The van der Waals surface area contributed by atoms with Crippen molar-refractivity contribution >= 4 is 5.87 Å². The standard InChI is InChI=1S/C4H5NO/c1-3-6-4-2-5-1/h4H,1,3H2. The van der Waals surface area contributed by atoms with Gasteiger partial charge in [0, 0.05) is 5.87 Å². The van der Waals surface area contributed by atoms with Gasteiger partial charge in [0.1, 0.15) is 12.9 Å². The summed E-state index contributed by atoms with van der Waals surface area (Å²) in [5.74, 6) is 2.56. The van der Waals surface area contributed by atoms with Crippen LogP contribution in [0.15, 0.2) is 11.3 Å². The highest BCUT2D eigenvalue weighted by atomic mass is 16.5. The van der Waals surface area contributed by atoms with E-state index in [4.69, 9.17) is 4.74 Å². The third-order valence-electron chi connectivity index (χ3n) is 0.548. The highest BCUT2D eigenvalue weighted by molar-refractivity contribution is 5.49. The first-order chi connectivity index (χ1) is 3.00. The lowest BCUT2D eigenvalue weighted by atomic mass is 10.7. The molecule has 2 nitrogen and oxygen atoms in total. The molecule has 0 aliphatic carbocycles. The van der Waals surface area contributed by atoms with Crippen molar-refractivity contribution in [1.82, 2.24) is 0 Å². The van der Waals surface area contributed by atoms with Crippen LogP contribution in [0.3, 0.4) is 0 Å². The van der Waals surface area contributed by atoms with E-state index in [0.29, 0.717) is 6.61 Å². The van der Waals surface area contributed by atoms with Crippen molar-refractivity contribution in [3.63, 3.8) is 0 Å². The van der Waals surface area contributed by atoms with Crippen LogP contribution in [0.5, 0.6) is 0 Å². The van der Waals surface area contributed by atoms with Crippen LogP contribution in [0.4, 0.5) is 0 Å². The maximum Gasteiger partial charge on any atom is 0.144 e. The Hall–Kier alpha value is -0.750. The van der Waals surface area contributed by atoms with Crippen molar-refractivity contribution in [3.05, 3.63) is 6.26 Å². The second-order valence-corrected chi connectivity index (χ2v) is 0.999. The Morgan fingerprint density at radius 1 is 1.83 bits per heavy atom. The molecule has 0 amide bonds. The number of rotatable bonds is 0. The molecule has 0 fully saturated rings. The van der Waals surface area contributed by atoms with E-state index in [0.717, 1.165) is 6.54 Å². The molecule has 0 atom stereocenters. The van der Waals surface area contributed by atoms with Crippen molar-refractivity contribution in [2.75, 3.05) is 13.2 Å². The number of hydrogen-bond donors (Lipinski definition) is 0. The first kappa shape index (κ1) is 3.44. The zero-order chi connectivity index (χ0) is 4.24. The maximum atomic E-state index is 4.74. The largest absolute Gasteiger partial charge is 0.489 e. The molecule has 1 aliphatic rings. The van der Waals surface area contributed by atoms with Crippen molar-refractivity contribution in [2.24, 2.45) is 4.99 Å². The molecule has 0 N–H and O–H groups in total. The van der Waals surface area contributed by atoms with Gasteiger partial charge >= 0.3 is 0 Å². The molecule has 0 aromatic carbocycles. The molecule has 0 radical (unpaired) electrons. The molecular formula is C4H5NO. The Kier molecular flexibility index (Phi) is 0.934. The van der Waals surface area contributed by atoms with Gasteiger partial charge in [0.25, 0.3) is 0 Å². The molecule has 0 saturated carbocycles. The van der Waals surface area contributed by atoms with Crippen molar-refractivity contribution in [3.8, 4) is 0 Å². The summed E-state index contributed by atoms with van der Waals surface area (Å²) in [7, 11) is 0. The highest BCUT2D eigenvalue weighted by Crippen LogP contribution is 1.78. The van der Waals surface area contributed by atoms with E-state index < -0.39 is 0 Å². The van der Waals surface area contributed by atoms with E-state index in [2.05, 4.69) is 10.9 Å². The van der Waals surface area contributed by atoms with E-state index in [9.17, 15) is 0 Å². The SMILES string of the molecule is C1=COCCN=1. The van der Waals surface area contributed by atoms with Gasteiger partial charge in [-0.05, 0) is 0 Å². The maximum absolute atomic E-state index is 4.74. The van der Waals surface area contributed by atoms with Crippen LogP contribution >= 0.6 is 0 Å². The Morgan fingerprint density at radius 3 is 3.00 bits per heavy atom. The van der Waals surface area contributed by atoms with Crippen LogP contribution in [-0.4, -0.2) is 19.0 Å². The second kappa shape index (κ2) is 1.63. The van der Waals surface area contributed by atoms with E-state index >= 15 is 0 Å². The summed E-state index contributed by atoms with van der Waals surface area (Å²) in [5.41, 5.74) is 0. The summed E-state index contributed by atoms with van der Waals surface area (Å²) in [6.45, 7) is 1.48. The molecule has 0 unspecified atom stereocenters. The number of ether oxygens (including phenoxy) is 1. The summed E-state index contributed by atoms with van der Waals surface area (Å²) >= 11 is 0. The summed E-state index contributed by atoms with van der Waals surface area (Å²) in [4.78, 5) is 3.75. The molecule has 2 heteroatoms. The van der Waals surface area contributed by atoms with Crippen LogP contribution in [0, 0.1) is 0 Å². The van der Waals surface area contributed by atoms with Gasteiger partial charge in [-0.3, -0.25) is 0 Å². The normalized spacial score (nSPS) is 17.3. The minimum absolute atomic E-state index is 0.715. The molecule has 6 heavy (non-hydrogen) atoms. The van der Waals surface area contributed by atoms with Gasteiger partial charge in [-0.1, -0.05) is 0 Å². The Balaban J connectivity index is 2.53. The number of nitrogens with zero attached hydrogens (tertiary/aromatic N) is 1. The van der Waals surface area contributed by atoms with E-state index in [-0.39, 0.29) is 0 Å². The lowest BCUT2D eigenvalue weighted by molar-refractivity contribution is 0.259. The molecule has 1 rings (SSSR count). The van der Waals surface area contributed by atoms with Gasteiger partial charge in [0.15, 0.2) is 0 Å².